The average Bonchev–Trinajstić information content (AvgIpc) is 3.06. The second kappa shape index (κ2) is 8.57. The van der Waals surface area contributed by atoms with Crippen LogP contribution in [-0.4, -0.2) is 11.7 Å². The monoisotopic (exact) mass is 383 g/mol. The highest BCUT2D eigenvalue weighted by Gasteiger charge is 2.17. The van der Waals surface area contributed by atoms with Gasteiger partial charge in [0.25, 0.3) is 0 Å². The van der Waals surface area contributed by atoms with E-state index in [1.54, 1.807) is 7.11 Å². The van der Waals surface area contributed by atoms with E-state index in [9.17, 15) is 0 Å². The van der Waals surface area contributed by atoms with Crippen molar-refractivity contribution in [2.24, 2.45) is 7.05 Å². The second-order valence-electron chi connectivity index (χ2n) is 7.67. The topological polar surface area (TPSA) is 14.2 Å². The van der Waals surface area contributed by atoms with Crippen LogP contribution in [0.5, 0.6) is 5.75 Å². The molecule has 0 saturated heterocycles. The number of methoxy groups -OCH3 is 1. The van der Waals surface area contributed by atoms with Gasteiger partial charge in [-0.3, -0.25) is 0 Å². The maximum atomic E-state index is 5.31. The van der Waals surface area contributed by atoms with Crippen molar-refractivity contribution in [3.05, 3.63) is 78.4 Å². The number of benzene rings is 3. The van der Waals surface area contributed by atoms with Crippen LogP contribution in [0.2, 0.25) is 0 Å². The van der Waals surface area contributed by atoms with Crippen molar-refractivity contribution in [1.82, 2.24) is 4.57 Å². The summed E-state index contributed by atoms with van der Waals surface area (Å²) in [6.45, 7) is 2.27. The first-order valence-corrected chi connectivity index (χ1v) is 10.5. The summed E-state index contributed by atoms with van der Waals surface area (Å²) in [7, 11) is 3.90. The fourth-order valence-electron chi connectivity index (χ4n) is 4.25. The second-order valence-corrected chi connectivity index (χ2v) is 7.67. The Hall–Kier alpha value is -3.00. The molecule has 0 aliphatic heterocycles. The fourth-order valence-corrected chi connectivity index (χ4v) is 4.25. The third-order valence-electron chi connectivity index (χ3n) is 5.81. The molecule has 4 aromatic rings. The standard InChI is InChI=1S/C27H29NO/c1-4-5-7-12-24-25-19-22(20-13-16-23(29-3)17-14-20)15-18-26(25)28(2)27(24)21-10-8-6-9-11-21/h6,8-11,13-19H,4-5,7,12H2,1-3H3. The van der Waals surface area contributed by atoms with Gasteiger partial charge in [0.2, 0.25) is 0 Å². The van der Waals surface area contributed by atoms with Crippen LogP contribution in [0.25, 0.3) is 33.3 Å². The predicted molar refractivity (Wildman–Crippen MR) is 124 cm³/mol. The van der Waals surface area contributed by atoms with Crippen molar-refractivity contribution < 1.29 is 4.74 Å². The molecule has 0 radical (unpaired) electrons. The molecule has 0 fully saturated rings. The summed E-state index contributed by atoms with van der Waals surface area (Å²) in [6.07, 6.45) is 4.84. The molecule has 0 N–H and O–H groups in total. The molecule has 1 heterocycles. The molecular weight excluding hydrogens is 354 g/mol. The van der Waals surface area contributed by atoms with Crippen molar-refractivity contribution in [2.75, 3.05) is 7.11 Å². The van der Waals surface area contributed by atoms with Crippen LogP contribution in [0.3, 0.4) is 0 Å². The molecule has 2 heteroatoms. The van der Waals surface area contributed by atoms with E-state index >= 15 is 0 Å². The zero-order valence-corrected chi connectivity index (χ0v) is 17.6. The number of nitrogens with zero attached hydrogens (tertiary/aromatic N) is 1. The molecule has 4 rings (SSSR count). The lowest BCUT2D eigenvalue weighted by Crippen LogP contribution is -1.94. The number of aromatic nitrogens is 1. The SMILES string of the molecule is CCCCCc1c(-c2ccccc2)n(C)c2ccc(-c3ccc(OC)cc3)cc12. The van der Waals surface area contributed by atoms with Crippen molar-refractivity contribution in [1.29, 1.82) is 0 Å². The molecule has 0 aliphatic rings. The van der Waals surface area contributed by atoms with Crippen molar-refractivity contribution >= 4 is 10.9 Å². The van der Waals surface area contributed by atoms with Crippen molar-refractivity contribution in [3.63, 3.8) is 0 Å². The lowest BCUT2D eigenvalue weighted by Gasteiger charge is -2.08. The molecule has 0 atom stereocenters. The van der Waals surface area contributed by atoms with Crippen LogP contribution >= 0.6 is 0 Å². The molecule has 3 aromatic carbocycles. The van der Waals surface area contributed by atoms with Crippen LogP contribution in [0.1, 0.15) is 31.7 Å². The molecule has 29 heavy (non-hydrogen) atoms. The first-order valence-electron chi connectivity index (χ1n) is 10.5. The van der Waals surface area contributed by atoms with Gasteiger partial charge in [0, 0.05) is 18.0 Å². The van der Waals surface area contributed by atoms with Gasteiger partial charge in [0.05, 0.1) is 12.8 Å². The van der Waals surface area contributed by atoms with Crippen molar-refractivity contribution in [2.45, 2.75) is 32.6 Å². The summed E-state index contributed by atoms with van der Waals surface area (Å²) in [4.78, 5) is 0. The number of ether oxygens (including phenoxy) is 1. The molecule has 0 aliphatic carbocycles. The smallest absolute Gasteiger partial charge is 0.118 e. The summed E-state index contributed by atoms with van der Waals surface area (Å²) >= 11 is 0. The van der Waals surface area contributed by atoms with E-state index in [-0.39, 0.29) is 0 Å². The molecule has 0 spiro atoms. The largest absolute Gasteiger partial charge is 0.497 e. The average molecular weight is 384 g/mol. The van der Waals surface area contributed by atoms with Gasteiger partial charge in [0.1, 0.15) is 5.75 Å². The minimum atomic E-state index is 0.890. The number of hydrogen-bond acceptors (Lipinski definition) is 1. The number of aryl methyl sites for hydroxylation is 2. The third-order valence-corrected chi connectivity index (χ3v) is 5.81. The van der Waals surface area contributed by atoms with Gasteiger partial charge in [-0.05, 0) is 59.4 Å². The van der Waals surface area contributed by atoms with Gasteiger partial charge in [-0.15, -0.1) is 0 Å². The van der Waals surface area contributed by atoms with Gasteiger partial charge in [-0.25, -0.2) is 0 Å². The summed E-state index contributed by atoms with van der Waals surface area (Å²) in [5.41, 5.74) is 7.89. The van der Waals surface area contributed by atoms with Crippen LogP contribution in [-0.2, 0) is 13.5 Å². The van der Waals surface area contributed by atoms with E-state index in [0.717, 1.165) is 12.2 Å². The lowest BCUT2D eigenvalue weighted by molar-refractivity contribution is 0.415. The van der Waals surface area contributed by atoms with E-state index in [1.807, 2.05) is 12.1 Å². The van der Waals surface area contributed by atoms with E-state index < -0.39 is 0 Å². The number of unbranched alkanes of at least 4 members (excludes halogenated alkanes) is 2. The Morgan fingerprint density at radius 2 is 1.52 bits per heavy atom. The number of rotatable bonds is 7. The molecule has 148 valence electrons. The van der Waals surface area contributed by atoms with E-state index in [4.69, 9.17) is 4.74 Å². The highest BCUT2D eigenvalue weighted by molar-refractivity contribution is 5.94. The third kappa shape index (κ3) is 3.80. The number of hydrogen-bond donors (Lipinski definition) is 0. The maximum Gasteiger partial charge on any atom is 0.118 e. The quantitative estimate of drug-likeness (QED) is 0.306. The Kier molecular flexibility index (Phi) is 5.71. The van der Waals surface area contributed by atoms with Crippen LogP contribution in [0.15, 0.2) is 72.8 Å². The van der Waals surface area contributed by atoms with Gasteiger partial charge >= 0.3 is 0 Å². The Labute approximate surface area is 173 Å². The van der Waals surface area contributed by atoms with Crippen LogP contribution < -0.4 is 4.74 Å². The molecule has 0 bridgehead atoms. The summed E-state index contributed by atoms with van der Waals surface area (Å²) in [6, 6.07) is 26.0. The molecule has 0 unspecified atom stereocenters. The van der Waals surface area contributed by atoms with E-state index in [0.29, 0.717) is 0 Å². The molecular formula is C27H29NO. The van der Waals surface area contributed by atoms with Crippen molar-refractivity contribution in [3.8, 4) is 28.1 Å². The molecule has 1 aromatic heterocycles. The van der Waals surface area contributed by atoms with E-state index in [1.165, 1.54) is 58.1 Å². The highest BCUT2D eigenvalue weighted by atomic mass is 16.5. The first kappa shape index (κ1) is 19.3. The zero-order valence-electron chi connectivity index (χ0n) is 17.6. The predicted octanol–water partition coefficient (Wildman–Crippen LogP) is 7.25. The molecule has 0 amide bonds. The Balaban J connectivity index is 1.86. The minimum Gasteiger partial charge on any atom is -0.497 e. The fraction of sp³-hybridized carbons (Fsp3) is 0.259. The lowest BCUT2D eigenvalue weighted by atomic mass is 9.97. The highest BCUT2D eigenvalue weighted by Crippen LogP contribution is 2.36. The normalized spacial score (nSPS) is 11.1. The van der Waals surface area contributed by atoms with Crippen LogP contribution in [0, 0.1) is 0 Å². The van der Waals surface area contributed by atoms with E-state index in [2.05, 4.69) is 79.2 Å². The van der Waals surface area contributed by atoms with Gasteiger partial charge in [-0.2, -0.15) is 0 Å². The van der Waals surface area contributed by atoms with Gasteiger partial charge in [-0.1, -0.05) is 68.3 Å². The molecule has 0 saturated carbocycles. The summed E-state index contributed by atoms with van der Waals surface area (Å²) in [5, 5.41) is 1.37. The Morgan fingerprint density at radius 3 is 2.21 bits per heavy atom. The van der Waals surface area contributed by atoms with Crippen LogP contribution in [0.4, 0.5) is 0 Å². The zero-order chi connectivity index (χ0) is 20.2. The maximum absolute atomic E-state index is 5.31. The summed E-state index contributed by atoms with van der Waals surface area (Å²) in [5.74, 6) is 0.890. The Morgan fingerprint density at radius 1 is 0.793 bits per heavy atom. The van der Waals surface area contributed by atoms with Gasteiger partial charge < -0.3 is 9.30 Å². The molecule has 2 nitrogen and oxygen atoms in total. The van der Waals surface area contributed by atoms with Gasteiger partial charge in [0.15, 0.2) is 0 Å². The minimum absolute atomic E-state index is 0.890. The summed E-state index contributed by atoms with van der Waals surface area (Å²) < 4.78 is 7.68. The first-order chi connectivity index (χ1) is 14.2. The number of fused-ring (bicyclic) bond motifs is 1. The Bertz CT molecular complexity index is 1090.